The van der Waals surface area contributed by atoms with Crippen LogP contribution >= 0.6 is 28.3 Å². The van der Waals surface area contributed by atoms with Crippen molar-refractivity contribution in [1.29, 1.82) is 0 Å². The third-order valence-electron chi connectivity index (χ3n) is 3.29. The minimum Gasteiger partial charge on any atom is -0.356 e. The van der Waals surface area contributed by atoms with E-state index in [0.29, 0.717) is 24.0 Å². The third-order valence-corrected chi connectivity index (χ3v) is 3.78. The third kappa shape index (κ3) is 5.60. The van der Waals surface area contributed by atoms with Crippen LogP contribution in [0.4, 0.5) is 0 Å². The minimum absolute atomic E-state index is 0. The fourth-order valence-corrected chi connectivity index (χ4v) is 2.45. The Labute approximate surface area is 149 Å². The van der Waals surface area contributed by atoms with Gasteiger partial charge in [-0.2, -0.15) is 0 Å². The van der Waals surface area contributed by atoms with Gasteiger partial charge in [0.05, 0.1) is 17.2 Å². The lowest BCUT2D eigenvalue weighted by Gasteiger charge is -2.08. The summed E-state index contributed by atoms with van der Waals surface area (Å²) < 4.78 is 2.31. The minimum atomic E-state index is -0.130. The molecule has 1 aromatic heterocycles. The molecule has 1 aromatic carbocycles. The van der Waals surface area contributed by atoms with E-state index in [0.717, 1.165) is 17.4 Å². The molecule has 0 saturated heterocycles. The molecule has 0 saturated carbocycles. The first-order valence-electron chi connectivity index (χ1n) is 7.18. The molecule has 23 heavy (non-hydrogen) atoms. The number of aromatic nitrogens is 2. The molecule has 1 heterocycles. The Morgan fingerprint density at radius 2 is 2.13 bits per heavy atom. The van der Waals surface area contributed by atoms with Crippen LogP contribution in [0.1, 0.15) is 12.8 Å². The second-order valence-electron chi connectivity index (χ2n) is 4.96. The molecular weight excluding hydrogens is 384 g/mol. The van der Waals surface area contributed by atoms with Crippen LogP contribution < -0.4 is 16.2 Å². The van der Waals surface area contributed by atoms with Crippen molar-refractivity contribution in [3.8, 4) is 0 Å². The maximum Gasteiger partial charge on any atom is 0.261 e. The van der Waals surface area contributed by atoms with Crippen LogP contribution in [-0.2, 0) is 11.3 Å². The zero-order valence-corrected chi connectivity index (χ0v) is 15.2. The molecule has 6 nitrogen and oxygen atoms in total. The summed E-state index contributed by atoms with van der Waals surface area (Å²) in [7, 11) is 1.87. The largest absolute Gasteiger partial charge is 0.356 e. The van der Waals surface area contributed by atoms with Crippen molar-refractivity contribution in [2.24, 2.45) is 0 Å². The molecule has 0 aliphatic rings. The van der Waals surface area contributed by atoms with Crippen molar-refractivity contribution in [3.63, 3.8) is 0 Å². The highest BCUT2D eigenvalue weighted by molar-refractivity contribution is 9.10. The molecule has 2 N–H and O–H groups in total. The number of benzene rings is 1. The highest BCUT2D eigenvalue weighted by atomic mass is 79.9. The molecule has 0 bridgehead atoms. The molecule has 8 heteroatoms. The standard InChI is InChI=1S/C15H19BrN4O2.ClH/c1-17-6-2-7-18-14(21)5-8-20-10-19-13-4-3-11(16)9-12(13)15(20)22;/h3-4,9-10,17H,2,5-8H2,1H3,(H,18,21);1H. The number of hydrogen-bond donors (Lipinski definition) is 2. The second-order valence-corrected chi connectivity index (χ2v) is 5.88. The van der Waals surface area contributed by atoms with Crippen LogP contribution in [-0.4, -0.2) is 35.6 Å². The number of carbonyl (C=O) groups is 1. The van der Waals surface area contributed by atoms with E-state index in [9.17, 15) is 9.59 Å². The van der Waals surface area contributed by atoms with Crippen molar-refractivity contribution >= 4 is 45.1 Å². The maximum atomic E-state index is 12.4. The topological polar surface area (TPSA) is 76.0 Å². The maximum absolute atomic E-state index is 12.4. The second kappa shape index (κ2) is 9.64. The molecule has 2 rings (SSSR count). The molecule has 0 aliphatic carbocycles. The number of halogens is 2. The first-order chi connectivity index (χ1) is 10.6. The van der Waals surface area contributed by atoms with Crippen molar-refractivity contribution in [2.75, 3.05) is 20.1 Å². The van der Waals surface area contributed by atoms with Crippen LogP contribution in [0, 0.1) is 0 Å². The Hall–Kier alpha value is -1.44. The summed E-state index contributed by atoms with van der Waals surface area (Å²) in [6.07, 6.45) is 2.64. The normalized spacial score (nSPS) is 10.3. The van der Waals surface area contributed by atoms with Gasteiger partial charge >= 0.3 is 0 Å². The Morgan fingerprint density at radius 1 is 1.35 bits per heavy atom. The number of fused-ring (bicyclic) bond motifs is 1. The van der Waals surface area contributed by atoms with Gasteiger partial charge in [0, 0.05) is 24.0 Å². The molecule has 0 radical (unpaired) electrons. The number of nitrogens with zero attached hydrogens (tertiary/aromatic N) is 2. The van der Waals surface area contributed by atoms with Crippen LogP contribution in [0.25, 0.3) is 10.9 Å². The quantitative estimate of drug-likeness (QED) is 0.690. The van der Waals surface area contributed by atoms with Crippen LogP contribution in [0.2, 0.25) is 0 Å². The van der Waals surface area contributed by atoms with E-state index in [2.05, 4.69) is 31.5 Å². The lowest BCUT2D eigenvalue weighted by Crippen LogP contribution is -2.29. The molecular formula is C15H20BrClN4O2. The Morgan fingerprint density at radius 3 is 2.87 bits per heavy atom. The monoisotopic (exact) mass is 402 g/mol. The van der Waals surface area contributed by atoms with Crippen molar-refractivity contribution in [1.82, 2.24) is 20.2 Å². The average molecular weight is 404 g/mol. The molecule has 0 unspecified atom stereocenters. The van der Waals surface area contributed by atoms with E-state index < -0.39 is 0 Å². The van der Waals surface area contributed by atoms with E-state index >= 15 is 0 Å². The summed E-state index contributed by atoms with van der Waals surface area (Å²) in [5.41, 5.74) is 0.523. The highest BCUT2D eigenvalue weighted by Crippen LogP contribution is 2.14. The van der Waals surface area contributed by atoms with Gasteiger partial charge in [-0.15, -0.1) is 12.4 Å². The van der Waals surface area contributed by atoms with Gasteiger partial charge in [0.1, 0.15) is 0 Å². The first-order valence-corrected chi connectivity index (χ1v) is 7.97. The number of rotatable bonds is 7. The summed E-state index contributed by atoms with van der Waals surface area (Å²) in [4.78, 5) is 28.3. The molecule has 0 atom stereocenters. The average Bonchev–Trinajstić information content (AvgIpc) is 2.51. The van der Waals surface area contributed by atoms with Gasteiger partial charge in [-0.1, -0.05) is 15.9 Å². The summed E-state index contributed by atoms with van der Waals surface area (Å²) in [6.45, 7) is 1.83. The summed E-state index contributed by atoms with van der Waals surface area (Å²) in [6, 6.07) is 5.39. The van der Waals surface area contributed by atoms with Gasteiger partial charge in [-0.05, 0) is 38.2 Å². The van der Waals surface area contributed by atoms with E-state index in [1.807, 2.05) is 13.1 Å². The zero-order valence-electron chi connectivity index (χ0n) is 12.8. The van der Waals surface area contributed by atoms with Gasteiger partial charge in [-0.25, -0.2) is 4.98 Å². The number of carbonyl (C=O) groups excluding carboxylic acids is 1. The SMILES string of the molecule is CNCCCNC(=O)CCn1cnc2ccc(Br)cc2c1=O.Cl. The van der Waals surface area contributed by atoms with Crippen LogP contribution in [0.15, 0.2) is 33.8 Å². The molecule has 2 aromatic rings. The van der Waals surface area contributed by atoms with E-state index in [4.69, 9.17) is 0 Å². The zero-order chi connectivity index (χ0) is 15.9. The Kier molecular flexibility index (Phi) is 8.22. The Bertz CT molecular complexity index is 720. The van der Waals surface area contributed by atoms with Gasteiger partial charge in [-0.3, -0.25) is 14.2 Å². The molecule has 1 amide bonds. The fourth-order valence-electron chi connectivity index (χ4n) is 2.09. The Balaban J connectivity index is 0.00000264. The summed E-state index contributed by atoms with van der Waals surface area (Å²) in [5, 5.41) is 6.40. The van der Waals surface area contributed by atoms with Gasteiger partial charge < -0.3 is 10.6 Å². The summed E-state index contributed by atoms with van der Waals surface area (Å²) in [5.74, 6) is -0.0580. The molecule has 0 fully saturated rings. The molecule has 0 aliphatic heterocycles. The van der Waals surface area contributed by atoms with E-state index in [1.165, 1.54) is 10.9 Å². The van der Waals surface area contributed by atoms with Crippen LogP contribution in [0.5, 0.6) is 0 Å². The van der Waals surface area contributed by atoms with Crippen molar-refractivity contribution < 1.29 is 4.79 Å². The van der Waals surface area contributed by atoms with Gasteiger partial charge in [0.15, 0.2) is 0 Å². The summed E-state index contributed by atoms with van der Waals surface area (Å²) >= 11 is 3.35. The van der Waals surface area contributed by atoms with Crippen molar-refractivity contribution in [2.45, 2.75) is 19.4 Å². The smallest absolute Gasteiger partial charge is 0.261 e. The van der Waals surface area contributed by atoms with Crippen LogP contribution in [0.3, 0.4) is 0 Å². The first kappa shape index (κ1) is 19.6. The van der Waals surface area contributed by atoms with E-state index in [-0.39, 0.29) is 30.3 Å². The highest BCUT2D eigenvalue weighted by Gasteiger charge is 2.07. The van der Waals surface area contributed by atoms with Gasteiger partial charge in [0.25, 0.3) is 5.56 Å². The van der Waals surface area contributed by atoms with Gasteiger partial charge in [0.2, 0.25) is 5.91 Å². The lowest BCUT2D eigenvalue weighted by molar-refractivity contribution is -0.121. The number of aryl methyl sites for hydroxylation is 1. The fraction of sp³-hybridized carbons (Fsp3) is 0.400. The molecule has 126 valence electrons. The number of nitrogens with one attached hydrogen (secondary N) is 2. The number of amides is 1. The predicted molar refractivity (Wildman–Crippen MR) is 97.1 cm³/mol. The van der Waals surface area contributed by atoms with Crippen molar-refractivity contribution in [3.05, 3.63) is 39.4 Å². The van der Waals surface area contributed by atoms with E-state index in [1.54, 1.807) is 12.1 Å². The lowest BCUT2D eigenvalue weighted by atomic mass is 10.2. The molecule has 0 spiro atoms. The predicted octanol–water partition coefficient (Wildman–Crippen LogP) is 1.70. The number of hydrogen-bond acceptors (Lipinski definition) is 4.